The van der Waals surface area contributed by atoms with E-state index in [4.69, 9.17) is 11.6 Å². The molecule has 0 N–H and O–H groups in total. The van der Waals surface area contributed by atoms with Gasteiger partial charge in [-0.15, -0.1) is 0 Å². The summed E-state index contributed by atoms with van der Waals surface area (Å²) in [5.74, 6) is 0. The van der Waals surface area contributed by atoms with Crippen LogP contribution in [0.15, 0.2) is 12.3 Å². The number of rotatable bonds is 2. The van der Waals surface area contributed by atoms with Gasteiger partial charge in [-0.25, -0.2) is 0 Å². The van der Waals surface area contributed by atoms with Crippen molar-refractivity contribution in [3.63, 3.8) is 0 Å². The Hall–Kier alpha value is -1.29. The van der Waals surface area contributed by atoms with Crippen molar-refractivity contribution < 1.29 is 0 Å². The van der Waals surface area contributed by atoms with E-state index in [1.54, 1.807) is 4.68 Å². The highest BCUT2D eigenvalue weighted by molar-refractivity contribution is 6.33. The summed E-state index contributed by atoms with van der Waals surface area (Å²) < 4.78 is 3.67. The molecular weight excluding hydrogens is 224 g/mol. The summed E-state index contributed by atoms with van der Waals surface area (Å²) >= 11 is 6.27. The second-order valence-electron chi connectivity index (χ2n) is 4.16. The highest BCUT2D eigenvalue weighted by atomic mass is 35.5. The molecule has 2 heterocycles. The molecule has 86 valence electrons. The number of hydrogen-bond donors (Lipinski definition) is 0. The fourth-order valence-corrected chi connectivity index (χ4v) is 1.93. The van der Waals surface area contributed by atoms with E-state index < -0.39 is 0 Å². The summed E-state index contributed by atoms with van der Waals surface area (Å²) in [5, 5.41) is 9.50. The topological polar surface area (TPSA) is 35.6 Å². The van der Waals surface area contributed by atoms with Crippen LogP contribution in [-0.2, 0) is 7.05 Å². The molecule has 0 unspecified atom stereocenters. The van der Waals surface area contributed by atoms with Crippen molar-refractivity contribution >= 4 is 11.6 Å². The minimum Gasteiger partial charge on any atom is -0.275 e. The monoisotopic (exact) mass is 238 g/mol. The van der Waals surface area contributed by atoms with Gasteiger partial charge in [0.1, 0.15) is 11.4 Å². The van der Waals surface area contributed by atoms with Gasteiger partial charge in [0.25, 0.3) is 0 Å². The Bertz CT molecular complexity index is 510. The van der Waals surface area contributed by atoms with Gasteiger partial charge in [-0.05, 0) is 26.8 Å². The number of halogens is 1. The average Bonchev–Trinajstić information content (AvgIpc) is 2.74. The van der Waals surface area contributed by atoms with Crippen LogP contribution in [0.2, 0.25) is 5.02 Å². The van der Waals surface area contributed by atoms with E-state index in [1.807, 2.05) is 30.9 Å². The van der Waals surface area contributed by atoms with E-state index in [1.165, 1.54) is 0 Å². The molecule has 0 fully saturated rings. The smallest absolute Gasteiger partial charge is 0.131 e. The Morgan fingerprint density at radius 3 is 2.44 bits per heavy atom. The third-order valence-corrected chi connectivity index (χ3v) is 2.97. The molecule has 0 atom stereocenters. The van der Waals surface area contributed by atoms with Gasteiger partial charge in [0.05, 0.1) is 10.7 Å². The van der Waals surface area contributed by atoms with Gasteiger partial charge in [-0.3, -0.25) is 9.36 Å². The summed E-state index contributed by atoms with van der Waals surface area (Å²) in [7, 11) is 1.88. The van der Waals surface area contributed by atoms with E-state index in [0.29, 0.717) is 11.1 Å². The molecule has 0 saturated carbocycles. The highest BCUT2D eigenvalue weighted by Crippen LogP contribution is 2.29. The SMILES string of the molecule is Cc1c(Cl)c(-c2ccn(C)n2)nn1C(C)C. The molecular formula is C11H15ClN4. The van der Waals surface area contributed by atoms with Gasteiger partial charge in [-0.1, -0.05) is 11.6 Å². The van der Waals surface area contributed by atoms with Crippen LogP contribution in [0.3, 0.4) is 0 Å². The zero-order chi connectivity index (χ0) is 11.9. The molecule has 2 rings (SSSR count). The minimum atomic E-state index is 0.301. The van der Waals surface area contributed by atoms with Gasteiger partial charge >= 0.3 is 0 Å². The molecule has 0 aliphatic carbocycles. The normalized spacial score (nSPS) is 11.4. The molecule has 0 aromatic carbocycles. The Kier molecular flexibility index (Phi) is 2.76. The van der Waals surface area contributed by atoms with E-state index in [9.17, 15) is 0 Å². The van der Waals surface area contributed by atoms with Crippen LogP contribution in [0.1, 0.15) is 25.6 Å². The molecule has 0 spiro atoms. The molecule has 0 bridgehead atoms. The number of aryl methyl sites for hydroxylation is 1. The Morgan fingerprint density at radius 2 is 2.00 bits per heavy atom. The highest BCUT2D eigenvalue weighted by Gasteiger charge is 2.17. The maximum atomic E-state index is 6.27. The molecule has 4 nitrogen and oxygen atoms in total. The Labute approximate surface area is 99.8 Å². The Balaban J connectivity index is 2.54. The van der Waals surface area contributed by atoms with Gasteiger partial charge in [0.2, 0.25) is 0 Å². The van der Waals surface area contributed by atoms with Crippen LogP contribution < -0.4 is 0 Å². The van der Waals surface area contributed by atoms with Crippen LogP contribution in [0.25, 0.3) is 11.4 Å². The summed E-state index contributed by atoms with van der Waals surface area (Å²) in [6.07, 6.45) is 1.88. The fourth-order valence-electron chi connectivity index (χ4n) is 1.71. The van der Waals surface area contributed by atoms with Crippen molar-refractivity contribution in [2.24, 2.45) is 7.05 Å². The fraction of sp³-hybridized carbons (Fsp3) is 0.455. The first-order chi connectivity index (χ1) is 7.50. The predicted octanol–water partition coefficient (Wildman–Crippen LogP) is 2.83. The van der Waals surface area contributed by atoms with Gasteiger partial charge < -0.3 is 0 Å². The number of hydrogen-bond acceptors (Lipinski definition) is 2. The van der Waals surface area contributed by atoms with Crippen molar-refractivity contribution in [3.8, 4) is 11.4 Å². The summed E-state index contributed by atoms with van der Waals surface area (Å²) in [5.41, 5.74) is 2.56. The van der Waals surface area contributed by atoms with E-state index in [0.717, 1.165) is 17.1 Å². The third kappa shape index (κ3) is 1.73. The first kappa shape index (κ1) is 11.2. The average molecular weight is 239 g/mol. The van der Waals surface area contributed by atoms with Crippen LogP contribution in [0.5, 0.6) is 0 Å². The number of aromatic nitrogens is 4. The molecule has 16 heavy (non-hydrogen) atoms. The van der Waals surface area contributed by atoms with Gasteiger partial charge in [0, 0.05) is 19.3 Å². The lowest BCUT2D eigenvalue weighted by atomic mass is 10.3. The maximum Gasteiger partial charge on any atom is 0.131 e. The zero-order valence-electron chi connectivity index (χ0n) is 9.90. The van der Waals surface area contributed by atoms with E-state index in [2.05, 4.69) is 24.0 Å². The van der Waals surface area contributed by atoms with Crippen LogP contribution >= 0.6 is 11.6 Å². The standard InChI is InChI=1S/C11H15ClN4/c1-7(2)16-8(3)10(12)11(14-16)9-5-6-15(4)13-9/h5-7H,1-4H3. The van der Waals surface area contributed by atoms with Crippen molar-refractivity contribution in [2.45, 2.75) is 26.8 Å². The van der Waals surface area contributed by atoms with Crippen LogP contribution in [0.4, 0.5) is 0 Å². The molecule has 0 aliphatic rings. The van der Waals surface area contributed by atoms with E-state index >= 15 is 0 Å². The molecule has 5 heteroatoms. The largest absolute Gasteiger partial charge is 0.275 e. The van der Waals surface area contributed by atoms with Gasteiger partial charge in [-0.2, -0.15) is 10.2 Å². The first-order valence-electron chi connectivity index (χ1n) is 5.25. The summed E-state index contributed by atoms with van der Waals surface area (Å²) in [6.45, 7) is 6.14. The molecule has 2 aromatic heterocycles. The lowest BCUT2D eigenvalue weighted by molar-refractivity contribution is 0.520. The molecule has 0 saturated heterocycles. The quantitative estimate of drug-likeness (QED) is 0.807. The summed E-state index contributed by atoms with van der Waals surface area (Å²) in [6, 6.07) is 2.22. The lowest BCUT2D eigenvalue weighted by Crippen LogP contribution is -2.04. The molecule has 0 amide bonds. The molecule has 2 aromatic rings. The second kappa shape index (κ2) is 3.94. The molecule has 0 radical (unpaired) electrons. The first-order valence-corrected chi connectivity index (χ1v) is 5.63. The Morgan fingerprint density at radius 1 is 1.31 bits per heavy atom. The van der Waals surface area contributed by atoms with Crippen molar-refractivity contribution in [1.82, 2.24) is 19.6 Å². The second-order valence-corrected chi connectivity index (χ2v) is 4.54. The van der Waals surface area contributed by atoms with Crippen molar-refractivity contribution in [3.05, 3.63) is 23.0 Å². The zero-order valence-corrected chi connectivity index (χ0v) is 10.7. The lowest BCUT2D eigenvalue weighted by Gasteiger charge is -2.06. The van der Waals surface area contributed by atoms with Crippen molar-refractivity contribution in [1.29, 1.82) is 0 Å². The van der Waals surface area contributed by atoms with E-state index in [-0.39, 0.29) is 0 Å². The minimum absolute atomic E-state index is 0.301. The number of nitrogens with zero attached hydrogens (tertiary/aromatic N) is 4. The van der Waals surface area contributed by atoms with Crippen LogP contribution in [0, 0.1) is 6.92 Å². The summed E-state index contributed by atoms with van der Waals surface area (Å²) in [4.78, 5) is 0. The van der Waals surface area contributed by atoms with Crippen molar-refractivity contribution in [2.75, 3.05) is 0 Å². The van der Waals surface area contributed by atoms with Gasteiger partial charge in [0.15, 0.2) is 0 Å². The van der Waals surface area contributed by atoms with Crippen LogP contribution in [-0.4, -0.2) is 19.6 Å². The molecule has 0 aliphatic heterocycles. The third-order valence-electron chi connectivity index (χ3n) is 2.52. The maximum absolute atomic E-state index is 6.27. The predicted molar refractivity (Wildman–Crippen MR) is 64.6 cm³/mol.